The molecular formula is C16H27N3O3. The van der Waals surface area contributed by atoms with E-state index in [0.29, 0.717) is 12.5 Å². The van der Waals surface area contributed by atoms with Gasteiger partial charge in [-0.15, -0.1) is 0 Å². The van der Waals surface area contributed by atoms with Gasteiger partial charge in [-0.25, -0.2) is 9.78 Å². The molecule has 0 aromatic carbocycles. The Hall–Kier alpha value is -1.56. The molecular weight excluding hydrogens is 282 g/mol. The number of ether oxygens (including phenoxy) is 2. The third-order valence-electron chi connectivity index (χ3n) is 3.64. The van der Waals surface area contributed by atoms with E-state index in [0.717, 1.165) is 44.7 Å². The van der Waals surface area contributed by atoms with E-state index in [-0.39, 0.29) is 6.09 Å². The minimum absolute atomic E-state index is 0.372. The number of hydrogen-bond donors (Lipinski definition) is 1. The van der Waals surface area contributed by atoms with Gasteiger partial charge in [-0.05, 0) is 39.5 Å². The van der Waals surface area contributed by atoms with Crippen LogP contribution in [-0.4, -0.2) is 41.0 Å². The number of nitrogens with one attached hydrogen (secondary N) is 1. The summed E-state index contributed by atoms with van der Waals surface area (Å²) in [6.07, 6.45) is 6.33. The number of hydrogen-bond acceptors (Lipinski definition) is 4. The van der Waals surface area contributed by atoms with Crippen LogP contribution >= 0.6 is 0 Å². The van der Waals surface area contributed by atoms with Crippen LogP contribution < -0.4 is 5.32 Å². The van der Waals surface area contributed by atoms with Crippen molar-refractivity contribution in [3.8, 4) is 0 Å². The lowest BCUT2D eigenvalue weighted by atomic mass is 10.0. The molecule has 1 amide bonds. The molecule has 0 atom stereocenters. The number of nitrogens with zero attached hydrogens (tertiary/aromatic N) is 2. The van der Waals surface area contributed by atoms with Crippen molar-refractivity contribution in [1.82, 2.24) is 14.9 Å². The van der Waals surface area contributed by atoms with E-state index in [2.05, 4.69) is 14.9 Å². The van der Waals surface area contributed by atoms with Crippen LogP contribution in [0.15, 0.2) is 12.5 Å². The summed E-state index contributed by atoms with van der Waals surface area (Å²) in [5, 5.41) is 2.79. The normalized spacial score (nSPS) is 16.5. The fourth-order valence-electron chi connectivity index (χ4n) is 2.53. The number of carbonyl (C=O) groups is 1. The van der Waals surface area contributed by atoms with Gasteiger partial charge >= 0.3 is 6.09 Å². The van der Waals surface area contributed by atoms with Crippen molar-refractivity contribution in [1.29, 1.82) is 0 Å². The maximum Gasteiger partial charge on any atom is 0.407 e. The van der Waals surface area contributed by atoms with Crippen LogP contribution in [0.3, 0.4) is 0 Å². The largest absolute Gasteiger partial charge is 0.444 e. The number of aromatic nitrogens is 2. The maximum absolute atomic E-state index is 11.6. The minimum Gasteiger partial charge on any atom is -0.444 e. The molecule has 0 aliphatic carbocycles. The van der Waals surface area contributed by atoms with E-state index >= 15 is 0 Å². The van der Waals surface area contributed by atoms with Gasteiger partial charge in [-0.3, -0.25) is 0 Å². The quantitative estimate of drug-likeness (QED) is 0.907. The Morgan fingerprint density at radius 3 is 2.86 bits per heavy atom. The summed E-state index contributed by atoms with van der Waals surface area (Å²) in [6, 6.07) is 0. The van der Waals surface area contributed by atoms with Gasteiger partial charge in [-0.1, -0.05) is 0 Å². The first-order valence-electron chi connectivity index (χ1n) is 7.97. The lowest BCUT2D eigenvalue weighted by Crippen LogP contribution is -2.33. The van der Waals surface area contributed by atoms with Gasteiger partial charge in [0.05, 0.1) is 6.33 Å². The number of imidazole rings is 1. The molecule has 6 heteroatoms. The fraction of sp³-hybridized carbons (Fsp3) is 0.750. The van der Waals surface area contributed by atoms with Crippen LogP contribution in [0.1, 0.15) is 39.3 Å². The van der Waals surface area contributed by atoms with Crippen molar-refractivity contribution in [3.05, 3.63) is 18.2 Å². The van der Waals surface area contributed by atoms with Gasteiger partial charge in [0.25, 0.3) is 0 Å². The first-order chi connectivity index (χ1) is 10.4. The molecule has 0 bridgehead atoms. The average Bonchev–Trinajstić information content (AvgIpc) is 2.85. The zero-order valence-electron chi connectivity index (χ0n) is 13.8. The highest BCUT2D eigenvalue weighted by molar-refractivity contribution is 5.67. The number of amides is 1. The molecule has 6 nitrogen and oxygen atoms in total. The minimum atomic E-state index is -0.463. The van der Waals surface area contributed by atoms with E-state index in [1.807, 2.05) is 33.3 Å². The van der Waals surface area contributed by atoms with E-state index in [9.17, 15) is 4.79 Å². The third-order valence-corrected chi connectivity index (χ3v) is 3.64. The summed E-state index contributed by atoms with van der Waals surface area (Å²) in [5.41, 5.74) is 0.678. The first kappa shape index (κ1) is 16.8. The summed E-state index contributed by atoms with van der Waals surface area (Å²) < 4.78 is 12.8. The van der Waals surface area contributed by atoms with Crippen LogP contribution in [-0.2, 0) is 22.4 Å². The van der Waals surface area contributed by atoms with Crippen molar-refractivity contribution < 1.29 is 14.3 Å². The van der Waals surface area contributed by atoms with Gasteiger partial charge < -0.3 is 19.4 Å². The molecule has 22 heavy (non-hydrogen) atoms. The smallest absolute Gasteiger partial charge is 0.407 e. The molecule has 1 N–H and O–H groups in total. The number of carbonyl (C=O) groups excluding carboxylic acids is 1. The predicted molar refractivity (Wildman–Crippen MR) is 83.7 cm³/mol. The Morgan fingerprint density at radius 2 is 2.18 bits per heavy atom. The van der Waals surface area contributed by atoms with Crippen LogP contribution in [0.25, 0.3) is 0 Å². The molecule has 1 aromatic heterocycles. The Kier molecular flexibility index (Phi) is 5.83. The molecule has 0 radical (unpaired) electrons. The molecule has 2 rings (SSSR count). The van der Waals surface area contributed by atoms with Crippen molar-refractivity contribution in [2.75, 3.05) is 19.8 Å². The van der Waals surface area contributed by atoms with Gasteiger partial charge in [0.15, 0.2) is 0 Å². The van der Waals surface area contributed by atoms with Gasteiger partial charge in [0.2, 0.25) is 0 Å². The second-order valence-electron chi connectivity index (χ2n) is 6.77. The number of rotatable bonds is 5. The molecule has 2 heterocycles. The lowest BCUT2D eigenvalue weighted by Gasteiger charge is -2.23. The molecule has 0 saturated carbocycles. The summed E-state index contributed by atoms with van der Waals surface area (Å²) >= 11 is 0. The van der Waals surface area contributed by atoms with Crippen molar-refractivity contribution in [3.63, 3.8) is 0 Å². The highest BCUT2D eigenvalue weighted by atomic mass is 16.6. The molecule has 1 aliphatic rings. The standard InChI is InChI=1S/C16H27N3O3/c1-16(2,3)22-15(20)18-7-4-14-10-17-12-19(14)11-13-5-8-21-9-6-13/h10,12-13H,4-9,11H2,1-3H3,(H,18,20). The highest BCUT2D eigenvalue weighted by Gasteiger charge is 2.17. The second-order valence-corrected chi connectivity index (χ2v) is 6.77. The van der Waals surface area contributed by atoms with E-state index in [4.69, 9.17) is 9.47 Å². The molecule has 0 unspecified atom stereocenters. The average molecular weight is 309 g/mol. The molecule has 1 aliphatic heterocycles. The molecule has 1 fully saturated rings. The Balaban J connectivity index is 1.76. The molecule has 124 valence electrons. The Bertz CT molecular complexity index is 473. The first-order valence-corrected chi connectivity index (χ1v) is 7.97. The number of alkyl carbamates (subject to hydrolysis) is 1. The Morgan fingerprint density at radius 1 is 1.45 bits per heavy atom. The zero-order valence-corrected chi connectivity index (χ0v) is 13.8. The van der Waals surface area contributed by atoms with E-state index in [1.165, 1.54) is 0 Å². The van der Waals surface area contributed by atoms with Gasteiger partial charge in [-0.2, -0.15) is 0 Å². The summed E-state index contributed by atoms with van der Waals surface area (Å²) in [6.45, 7) is 8.81. The fourth-order valence-corrected chi connectivity index (χ4v) is 2.53. The topological polar surface area (TPSA) is 65.4 Å². The van der Waals surface area contributed by atoms with Crippen molar-refractivity contribution in [2.24, 2.45) is 5.92 Å². The monoisotopic (exact) mass is 309 g/mol. The third kappa shape index (κ3) is 5.67. The van der Waals surface area contributed by atoms with E-state index in [1.54, 1.807) is 0 Å². The predicted octanol–water partition coefficient (Wildman–Crippen LogP) is 2.38. The summed E-state index contributed by atoms with van der Waals surface area (Å²) in [4.78, 5) is 15.9. The van der Waals surface area contributed by atoms with Crippen LogP contribution in [0, 0.1) is 5.92 Å². The van der Waals surface area contributed by atoms with Crippen molar-refractivity contribution in [2.45, 2.75) is 52.2 Å². The van der Waals surface area contributed by atoms with Crippen LogP contribution in [0.5, 0.6) is 0 Å². The van der Waals surface area contributed by atoms with Gasteiger partial charge in [0.1, 0.15) is 5.60 Å². The van der Waals surface area contributed by atoms with Gasteiger partial charge in [0, 0.05) is 44.6 Å². The summed E-state index contributed by atoms with van der Waals surface area (Å²) in [7, 11) is 0. The molecule has 0 spiro atoms. The van der Waals surface area contributed by atoms with E-state index < -0.39 is 5.60 Å². The maximum atomic E-state index is 11.6. The molecule has 1 saturated heterocycles. The summed E-state index contributed by atoms with van der Waals surface area (Å²) in [5.74, 6) is 0.653. The van der Waals surface area contributed by atoms with Crippen LogP contribution in [0.2, 0.25) is 0 Å². The highest BCUT2D eigenvalue weighted by Crippen LogP contribution is 2.17. The lowest BCUT2D eigenvalue weighted by molar-refractivity contribution is 0.0527. The van der Waals surface area contributed by atoms with Crippen molar-refractivity contribution >= 4 is 6.09 Å². The Labute approximate surface area is 132 Å². The SMILES string of the molecule is CC(C)(C)OC(=O)NCCc1cncn1CC1CCOCC1. The zero-order chi connectivity index (χ0) is 16.0. The van der Waals surface area contributed by atoms with Crippen LogP contribution in [0.4, 0.5) is 4.79 Å². The molecule has 1 aromatic rings. The second kappa shape index (κ2) is 7.63.